The molecule has 1 aliphatic rings. The number of hydrogen-bond acceptors (Lipinski definition) is 5. The Balaban J connectivity index is 2.11. The first-order valence-electron chi connectivity index (χ1n) is 6.14. The highest BCUT2D eigenvalue weighted by Crippen LogP contribution is 2.29. The van der Waals surface area contributed by atoms with Gasteiger partial charge >= 0.3 is 5.97 Å². The number of ether oxygens (including phenoxy) is 1. The Morgan fingerprint density at radius 3 is 3.12 bits per heavy atom. The molecule has 17 heavy (non-hydrogen) atoms. The maximum absolute atomic E-state index is 11.8. The van der Waals surface area contributed by atoms with E-state index in [9.17, 15) is 4.79 Å². The van der Waals surface area contributed by atoms with Crippen LogP contribution in [0.1, 0.15) is 32.4 Å². The number of thiazole rings is 1. The van der Waals surface area contributed by atoms with E-state index in [1.54, 1.807) is 11.3 Å². The van der Waals surface area contributed by atoms with Gasteiger partial charge in [0.2, 0.25) is 0 Å². The Kier molecular flexibility index (Phi) is 3.99. The van der Waals surface area contributed by atoms with Crippen molar-refractivity contribution in [3.63, 3.8) is 0 Å². The van der Waals surface area contributed by atoms with Crippen molar-refractivity contribution in [2.45, 2.75) is 39.2 Å². The van der Waals surface area contributed by atoms with E-state index in [1.165, 1.54) is 0 Å². The van der Waals surface area contributed by atoms with E-state index in [2.05, 4.69) is 22.2 Å². The van der Waals surface area contributed by atoms with Crippen LogP contribution in [0.5, 0.6) is 0 Å². The summed E-state index contributed by atoms with van der Waals surface area (Å²) in [6, 6.07) is -0.134. The quantitative estimate of drug-likeness (QED) is 0.773. The number of anilines is 1. The van der Waals surface area contributed by atoms with Crippen molar-refractivity contribution in [1.82, 2.24) is 4.98 Å². The van der Waals surface area contributed by atoms with Crippen LogP contribution in [0, 0.1) is 0 Å². The molecule has 2 heterocycles. The van der Waals surface area contributed by atoms with E-state index in [0.717, 1.165) is 36.6 Å². The van der Waals surface area contributed by atoms with Crippen molar-refractivity contribution in [1.29, 1.82) is 0 Å². The van der Waals surface area contributed by atoms with Gasteiger partial charge < -0.3 is 9.64 Å². The lowest BCUT2D eigenvalue weighted by Gasteiger charge is -2.22. The molecule has 94 valence electrons. The van der Waals surface area contributed by atoms with E-state index >= 15 is 0 Å². The van der Waals surface area contributed by atoms with Gasteiger partial charge in [-0.1, -0.05) is 6.92 Å². The first kappa shape index (κ1) is 12.4. The zero-order valence-corrected chi connectivity index (χ0v) is 11.1. The largest absolute Gasteiger partial charge is 0.464 e. The molecule has 1 unspecified atom stereocenters. The fraction of sp³-hybridized carbons (Fsp3) is 0.667. The van der Waals surface area contributed by atoms with Gasteiger partial charge in [0, 0.05) is 11.9 Å². The standard InChI is InChI=1S/C12H18N2O2S/c1-3-9-8-17-12(13-9)14-7-5-6-10(14)11(15)16-4-2/h8,10H,3-7H2,1-2H3. The minimum atomic E-state index is -0.134. The Morgan fingerprint density at radius 2 is 2.47 bits per heavy atom. The number of rotatable bonds is 4. The molecule has 4 nitrogen and oxygen atoms in total. The lowest BCUT2D eigenvalue weighted by molar-refractivity contribution is -0.144. The monoisotopic (exact) mass is 254 g/mol. The SMILES string of the molecule is CCOC(=O)C1CCCN1c1nc(CC)cs1. The molecular weight excluding hydrogens is 236 g/mol. The van der Waals surface area contributed by atoms with Crippen molar-refractivity contribution in [3.8, 4) is 0 Å². The zero-order valence-electron chi connectivity index (χ0n) is 10.3. The molecule has 2 rings (SSSR count). The third-order valence-electron chi connectivity index (χ3n) is 2.96. The van der Waals surface area contributed by atoms with E-state index in [1.807, 2.05) is 6.92 Å². The second-order valence-electron chi connectivity index (χ2n) is 4.08. The molecule has 0 aromatic carbocycles. The predicted octanol–water partition coefficient (Wildman–Crippen LogP) is 2.24. The molecule has 1 aliphatic heterocycles. The fourth-order valence-electron chi connectivity index (χ4n) is 2.07. The van der Waals surface area contributed by atoms with E-state index in [-0.39, 0.29) is 12.0 Å². The summed E-state index contributed by atoms with van der Waals surface area (Å²) in [5.74, 6) is -0.113. The topological polar surface area (TPSA) is 42.4 Å². The van der Waals surface area contributed by atoms with Crippen LogP contribution in [0.4, 0.5) is 5.13 Å². The number of carbonyl (C=O) groups is 1. The van der Waals surface area contributed by atoms with Crippen LogP contribution in [0.3, 0.4) is 0 Å². The molecule has 1 aromatic rings. The zero-order chi connectivity index (χ0) is 12.3. The number of hydrogen-bond donors (Lipinski definition) is 0. The van der Waals surface area contributed by atoms with Crippen LogP contribution in [-0.4, -0.2) is 30.1 Å². The molecule has 1 saturated heterocycles. The van der Waals surface area contributed by atoms with Crippen LogP contribution in [-0.2, 0) is 16.0 Å². The van der Waals surface area contributed by atoms with Gasteiger partial charge in [-0.05, 0) is 26.2 Å². The van der Waals surface area contributed by atoms with Crippen molar-refractivity contribution in [3.05, 3.63) is 11.1 Å². The van der Waals surface area contributed by atoms with Crippen LogP contribution >= 0.6 is 11.3 Å². The molecule has 0 radical (unpaired) electrons. The molecule has 0 spiro atoms. The summed E-state index contributed by atoms with van der Waals surface area (Å²) in [5, 5.41) is 3.02. The molecule has 5 heteroatoms. The average Bonchev–Trinajstić information content (AvgIpc) is 2.97. The minimum Gasteiger partial charge on any atom is -0.464 e. The lowest BCUT2D eigenvalue weighted by atomic mass is 10.2. The number of aromatic nitrogens is 1. The second kappa shape index (κ2) is 5.49. The van der Waals surface area contributed by atoms with Crippen LogP contribution < -0.4 is 4.90 Å². The van der Waals surface area contributed by atoms with E-state index in [4.69, 9.17) is 4.74 Å². The molecule has 0 saturated carbocycles. The maximum Gasteiger partial charge on any atom is 0.328 e. The first-order valence-corrected chi connectivity index (χ1v) is 7.02. The van der Waals surface area contributed by atoms with Crippen LogP contribution in [0.25, 0.3) is 0 Å². The molecule has 1 atom stereocenters. The highest BCUT2D eigenvalue weighted by Gasteiger charge is 2.33. The Morgan fingerprint density at radius 1 is 1.65 bits per heavy atom. The fourth-order valence-corrected chi connectivity index (χ4v) is 3.05. The highest BCUT2D eigenvalue weighted by molar-refractivity contribution is 7.13. The van der Waals surface area contributed by atoms with Crippen LogP contribution in [0.15, 0.2) is 5.38 Å². The van der Waals surface area contributed by atoms with Gasteiger partial charge in [-0.25, -0.2) is 9.78 Å². The van der Waals surface area contributed by atoms with Crippen molar-refractivity contribution < 1.29 is 9.53 Å². The molecular formula is C12H18N2O2S. The Labute approximate surface area is 106 Å². The third-order valence-corrected chi connectivity index (χ3v) is 3.89. The molecule has 0 N–H and O–H groups in total. The molecule has 1 aromatic heterocycles. The van der Waals surface area contributed by atoms with E-state index < -0.39 is 0 Å². The molecule has 0 amide bonds. The van der Waals surface area contributed by atoms with Crippen molar-refractivity contribution in [2.24, 2.45) is 0 Å². The van der Waals surface area contributed by atoms with Gasteiger partial charge in [0.05, 0.1) is 12.3 Å². The maximum atomic E-state index is 11.8. The molecule has 0 bridgehead atoms. The van der Waals surface area contributed by atoms with Gasteiger partial charge in [-0.3, -0.25) is 0 Å². The van der Waals surface area contributed by atoms with Gasteiger partial charge in [0.15, 0.2) is 5.13 Å². The summed E-state index contributed by atoms with van der Waals surface area (Å²) >= 11 is 1.62. The van der Waals surface area contributed by atoms with Crippen molar-refractivity contribution in [2.75, 3.05) is 18.1 Å². The molecule has 1 fully saturated rings. The summed E-state index contributed by atoms with van der Waals surface area (Å²) in [4.78, 5) is 18.4. The van der Waals surface area contributed by atoms with Gasteiger partial charge in [-0.15, -0.1) is 11.3 Å². The van der Waals surface area contributed by atoms with E-state index in [0.29, 0.717) is 6.61 Å². The number of carbonyl (C=O) groups excluding carboxylic acids is 1. The van der Waals surface area contributed by atoms with Gasteiger partial charge in [0.1, 0.15) is 6.04 Å². The number of esters is 1. The summed E-state index contributed by atoms with van der Waals surface area (Å²) in [6.07, 6.45) is 2.85. The van der Waals surface area contributed by atoms with Crippen LogP contribution in [0.2, 0.25) is 0 Å². The second-order valence-corrected chi connectivity index (χ2v) is 4.91. The van der Waals surface area contributed by atoms with Gasteiger partial charge in [-0.2, -0.15) is 0 Å². The Hall–Kier alpha value is -1.10. The summed E-state index contributed by atoms with van der Waals surface area (Å²) in [7, 11) is 0. The number of nitrogens with zero attached hydrogens (tertiary/aromatic N) is 2. The number of aryl methyl sites for hydroxylation is 1. The normalized spacial score (nSPS) is 19.6. The lowest BCUT2D eigenvalue weighted by Crippen LogP contribution is -2.37. The predicted molar refractivity (Wildman–Crippen MR) is 68.5 cm³/mol. The third kappa shape index (κ3) is 2.60. The first-order chi connectivity index (χ1) is 8.26. The summed E-state index contributed by atoms with van der Waals surface area (Å²) in [5.41, 5.74) is 1.10. The smallest absolute Gasteiger partial charge is 0.328 e. The van der Waals surface area contributed by atoms with Gasteiger partial charge in [0.25, 0.3) is 0 Å². The average molecular weight is 254 g/mol. The Bertz CT molecular complexity index is 392. The summed E-state index contributed by atoms with van der Waals surface area (Å²) in [6.45, 7) is 5.28. The summed E-state index contributed by atoms with van der Waals surface area (Å²) < 4.78 is 5.11. The van der Waals surface area contributed by atoms with Crippen molar-refractivity contribution >= 4 is 22.4 Å². The highest BCUT2D eigenvalue weighted by atomic mass is 32.1. The molecule has 0 aliphatic carbocycles. The minimum absolute atomic E-state index is 0.113.